The molecule has 1 aliphatic rings. The van der Waals surface area contributed by atoms with Gasteiger partial charge in [0.05, 0.1) is 12.7 Å². The Morgan fingerprint density at radius 2 is 1.78 bits per heavy atom. The second-order valence-corrected chi connectivity index (χ2v) is 7.52. The van der Waals surface area contributed by atoms with Crippen molar-refractivity contribution in [3.05, 3.63) is 95.1 Å². The molecule has 0 amide bonds. The van der Waals surface area contributed by atoms with Crippen molar-refractivity contribution in [3.63, 3.8) is 0 Å². The molecule has 0 bridgehead atoms. The Labute approximate surface area is 162 Å². The first-order chi connectivity index (χ1) is 13.2. The first-order valence-corrected chi connectivity index (χ1v) is 9.74. The molecular formula is C25H27NO. The summed E-state index contributed by atoms with van der Waals surface area (Å²) < 4.78 is 6.01. The van der Waals surface area contributed by atoms with Crippen molar-refractivity contribution >= 4 is 0 Å². The van der Waals surface area contributed by atoms with Gasteiger partial charge in [0.1, 0.15) is 0 Å². The number of nitrogens with zero attached hydrogens (tertiary/aromatic N) is 1. The van der Waals surface area contributed by atoms with Crippen LogP contribution in [0.4, 0.5) is 0 Å². The normalized spacial score (nSPS) is 17.8. The Morgan fingerprint density at radius 1 is 0.926 bits per heavy atom. The van der Waals surface area contributed by atoms with E-state index in [1.54, 1.807) is 0 Å². The molecule has 2 heteroatoms. The molecular weight excluding hydrogens is 330 g/mol. The fourth-order valence-corrected chi connectivity index (χ4v) is 3.86. The second-order valence-electron chi connectivity index (χ2n) is 7.52. The number of hydrogen-bond acceptors (Lipinski definition) is 2. The van der Waals surface area contributed by atoms with Crippen molar-refractivity contribution in [2.75, 3.05) is 19.7 Å². The molecule has 0 aromatic heterocycles. The van der Waals surface area contributed by atoms with Gasteiger partial charge in [-0.05, 0) is 47.7 Å². The summed E-state index contributed by atoms with van der Waals surface area (Å²) in [5.41, 5.74) is 7.91. The summed E-state index contributed by atoms with van der Waals surface area (Å²) in [7, 11) is 0. The molecule has 1 unspecified atom stereocenters. The molecule has 1 fully saturated rings. The van der Waals surface area contributed by atoms with Gasteiger partial charge in [-0.2, -0.15) is 0 Å². The lowest BCUT2D eigenvalue weighted by atomic mass is 9.97. The van der Waals surface area contributed by atoms with E-state index in [1.165, 1.54) is 33.4 Å². The monoisotopic (exact) mass is 357 g/mol. The van der Waals surface area contributed by atoms with Gasteiger partial charge in [0.15, 0.2) is 0 Å². The summed E-state index contributed by atoms with van der Waals surface area (Å²) in [4.78, 5) is 2.50. The number of morpholine rings is 1. The van der Waals surface area contributed by atoms with E-state index >= 15 is 0 Å². The van der Waals surface area contributed by atoms with Gasteiger partial charge in [-0.1, -0.05) is 72.3 Å². The van der Waals surface area contributed by atoms with Gasteiger partial charge in [-0.3, -0.25) is 4.90 Å². The third-order valence-corrected chi connectivity index (χ3v) is 5.36. The standard InChI is InChI=1S/C25H27NO/c1-19-11-12-20(2)24(15-19)23-10-6-7-21(16-23)17-26-13-14-27-25(18-26)22-8-4-3-5-9-22/h3-12,15-16,25H,13-14,17-18H2,1-2H3. The molecule has 1 atom stereocenters. The molecule has 138 valence electrons. The van der Waals surface area contributed by atoms with Crippen LogP contribution in [0.15, 0.2) is 72.8 Å². The van der Waals surface area contributed by atoms with E-state index in [-0.39, 0.29) is 6.10 Å². The second kappa shape index (κ2) is 8.08. The van der Waals surface area contributed by atoms with E-state index in [0.717, 1.165) is 26.2 Å². The van der Waals surface area contributed by atoms with Crippen LogP contribution in [0.3, 0.4) is 0 Å². The third kappa shape index (κ3) is 4.29. The SMILES string of the molecule is Cc1ccc(C)c(-c2cccc(CN3CCOC(c4ccccc4)C3)c2)c1. The van der Waals surface area contributed by atoms with Crippen LogP contribution >= 0.6 is 0 Å². The number of rotatable bonds is 4. The molecule has 2 nitrogen and oxygen atoms in total. The minimum Gasteiger partial charge on any atom is -0.371 e. The molecule has 0 aliphatic carbocycles. The van der Waals surface area contributed by atoms with Crippen LogP contribution in [0.5, 0.6) is 0 Å². The quantitative estimate of drug-likeness (QED) is 0.607. The predicted octanol–water partition coefficient (Wildman–Crippen LogP) is 5.54. The Bertz CT molecular complexity index is 903. The highest BCUT2D eigenvalue weighted by atomic mass is 16.5. The van der Waals surface area contributed by atoms with Crippen molar-refractivity contribution in [1.82, 2.24) is 4.90 Å². The lowest BCUT2D eigenvalue weighted by molar-refractivity contribution is -0.0329. The predicted molar refractivity (Wildman–Crippen MR) is 112 cm³/mol. The third-order valence-electron chi connectivity index (χ3n) is 5.36. The van der Waals surface area contributed by atoms with Crippen LogP contribution in [0.1, 0.15) is 28.4 Å². The highest BCUT2D eigenvalue weighted by Gasteiger charge is 2.21. The summed E-state index contributed by atoms with van der Waals surface area (Å²) in [6.45, 7) is 8.02. The molecule has 27 heavy (non-hydrogen) atoms. The minimum atomic E-state index is 0.169. The molecule has 0 N–H and O–H groups in total. The van der Waals surface area contributed by atoms with Crippen LogP contribution in [-0.4, -0.2) is 24.6 Å². The van der Waals surface area contributed by atoms with Crippen LogP contribution < -0.4 is 0 Å². The van der Waals surface area contributed by atoms with Gasteiger partial charge >= 0.3 is 0 Å². The van der Waals surface area contributed by atoms with E-state index in [0.29, 0.717) is 0 Å². The lowest BCUT2D eigenvalue weighted by Gasteiger charge is -2.33. The van der Waals surface area contributed by atoms with Gasteiger partial charge in [-0.25, -0.2) is 0 Å². The molecule has 1 aliphatic heterocycles. The van der Waals surface area contributed by atoms with Crippen molar-refractivity contribution in [2.24, 2.45) is 0 Å². The van der Waals surface area contributed by atoms with E-state index in [4.69, 9.17) is 4.74 Å². The maximum atomic E-state index is 6.01. The largest absolute Gasteiger partial charge is 0.371 e. The zero-order valence-electron chi connectivity index (χ0n) is 16.2. The zero-order chi connectivity index (χ0) is 18.6. The topological polar surface area (TPSA) is 12.5 Å². The van der Waals surface area contributed by atoms with Gasteiger partial charge < -0.3 is 4.74 Å². The van der Waals surface area contributed by atoms with E-state index < -0.39 is 0 Å². The first kappa shape index (κ1) is 18.0. The lowest BCUT2D eigenvalue weighted by Crippen LogP contribution is -2.37. The summed E-state index contributed by atoms with van der Waals surface area (Å²) in [6.07, 6.45) is 0.169. The van der Waals surface area contributed by atoms with Crippen molar-refractivity contribution < 1.29 is 4.74 Å². The molecule has 1 saturated heterocycles. The van der Waals surface area contributed by atoms with Crippen molar-refractivity contribution in [3.8, 4) is 11.1 Å². The Balaban J connectivity index is 1.50. The van der Waals surface area contributed by atoms with E-state index in [2.05, 4.69) is 91.5 Å². The average molecular weight is 357 g/mol. The molecule has 4 rings (SSSR count). The van der Waals surface area contributed by atoms with Crippen molar-refractivity contribution in [1.29, 1.82) is 0 Å². The van der Waals surface area contributed by atoms with Crippen LogP contribution in [0.25, 0.3) is 11.1 Å². The van der Waals surface area contributed by atoms with E-state index in [9.17, 15) is 0 Å². The summed E-state index contributed by atoms with van der Waals surface area (Å²) in [5.74, 6) is 0. The molecule has 0 radical (unpaired) electrons. The Hall–Kier alpha value is -2.42. The summed E-state index contributed by atoms with van der Waals surface area (Å²) in [5, 5.41) is 0. The highest BCUT2D eigenvalue weighted by molar-refractivity contribution is 5.68. The number of aryl methyl sites for hydroxylation is 2. The maximum Gasteiger partial charge on any atom is 0.0952 e. The van der Waals surface area contributed by atoms with Gasteiger partial charge in [0.2, 0.25) is 0 Å². The van der Waals surface area contributed by atoms with Crippen molar-refractivity contribution in [2.45, 2.75) is 26.5 Å². The average Bonchev–Trinajstić information content (AvgIpc) is 2.71. The number of hydrogen-bond donors (Lipinski definition) is 0. The van der Waals surface area contributed by atoms with Crippen LogP contribution in [0.2, 0.25) is 0 Å². The first-order valence-electron chi connectivity index (χ1n) is 9.74. The number of benzene rings is 3. The van der Waals surface area contributed by atoms with Crippen LogP contribution in [0, 0.1) is 13.8 Å². The molecule has 1 heterocycles. The van der Waals surface area contributed by atoms with Gasteiger partial charge in [-0.15, -0.1) is 0 Å². The maximum absolute atomic E-state index is 6.01. The Kier molecular flexibility index (Phi) is 5.38. The highest BCUT2D eigenvalue weighted by Crippen LogP contribution is 2.27. The summed E-state index contributed by atoms with van der Waals surface area (Å²) >= 11 is 0. The fourth-order valence-electron chi connectivity index (χ4n) is 3.86. The minimum absolute atomic E-state index is 0.169. The fraction of sp³-hybridized carbons (Fsp3) is 0.280. The van der Waals surface area contributed by atoms with Crippen LogP contribution in [-0.2, 0) is 11.3 Å². The zero-order valence-corrected chi connectivity index (χ0v) is 16.2. The summed E-state index contributed by atoms with van der Waals surface area (Å²) in [6, 6.07) is 26.2. The Morgan fingerprint density at radius 3 is 2.63 bits per heavy atom. The molecule has 3 aromatic carbocycles. The smallest absolute Gasteiger partial charge is 0.0952 e. The molecule has 3 aromatic rings. The molecule has 0 spiro atoms. The van der Waals surface area contributed by atoms with Gasteiger partial charge in [0.25, 0.3) is 0 Å². The number of ether oxygens (including phenoxy) is 1. The molecule has 0 saturated carbocycles. The van der Waals surface area contributed by atoms with Gasteiger partial charge in [0, 0.05) is 19.6 Å². The van der Waals surface area contributed by atoms with E-state index in [1.807, 2.05) is 0 Å².